The Balaban J connectivity index is 2.72. The maximum absolute atomic E-state index is 11.3. The zero-order valence-corrected chi connectivity index (χ0v) is 7.54. The second-order valence-corrected chi connectivity index (χ2v) is 3.25. The molecule has 0 heterocycles. The summed E-state index contributed by atoms with van der Waals surface area (Å²) in [5.74, 6) is -0.917. The summed E-state index contributed by atoms with van der Waals surface area (Å²) in [7, 11) is 0. The molecule has 13 heavy (non-hydrogen) atoms. The Kier molecular flexibility index (Phi) is 1.81. The van der Waals surface area contributed by atoms with Crippen LogP contribution < -0.4 is 0 Å². The minimum Gasteiger partial charge on any atom is -0.286 e. The van der Waals surface area contributed by atoms with Crippen molar-refractivity contribution in [2.75, 3.05) is 0 Å². The fourth-order valence-electron chi connectivity index (χ4n) is 1.29. The Bertz CT molecular complexity index is 433. The van der Waals surface area contributed by atoms with E-state index in [0.717, 1.165) is 10.5 Å². The fourth-order valence-corrected chi connectivity index (χ4v) is 1.57. The number of hydrogen-bond acceptors (Lipinski definition) is 3. The van der Waals surface area contributed by atoms with Gasteiger partial charge in [0.15, 0.2) is 0 Å². The Labute approximate surface area is 80.7 Å². The Morgan fingerprint density at radius 2 is 1.85 bits per heavy atom. The molecule has 0 unspecified atom stereocenters. The first-order chi connectivity index (χ1) is 6.20. The first kappa shape index (κ1) is 8.26. The van der Waals surface area contributed by atoms with Gasteiger partial charge in [0, 0.05) is 10.5 Å². The summed E-state index contributed by atoms with van der Waals surface area (Å²) in [5, 5.41) is 0. The summed E-state index contributed by atoms with van der Waals surface area (Å²) in [4.78, 5) is 23.1. The van der Waals surface area contributed by atoms with Crippen LogP contribution in [0, 0.1) is 0 Å². The lowest BCUT2D eigenvalue weighted by atomic mass is 9.95. The molecular weight excluding hydrogens is 184 g/mol. The SMILES string of the molecule is O=C1C=Cc2c(S)cccc2C1=O. The minimum absolute atomic E-state index is 0.444. The molecule has 64 valence electrons. The third-order valence-electron chi connectivity index (χ3n) is 1.95. The van der Waals surface area contributed by atoms with Crippen LogP contribution in [-0.4, -0.2) is 11.6 Å². The van der Waals surface area contributed by atoms with Gasteiger partial charge in [-0.2, -0.15) is 0 Å². The number of rotatable bonds is 0. The average Bonchev–Trinajstić information content (AvgIpc) is 2.12. The third-order valence-corrected chi connectivity index (χ3v) is 2.34. The van der Waals surface area contributed by atoms with E-state index in [1.807, 2.05) is 0 Å². The Morgan fingerprint density at radius 1 is 1.08 bits per heavy atom. The molecule has 0 N–H and O–H groups in total. The lowest BCUT2D eigenvalue weighted by Gasteiger charge is -2.09. The molecule has 2 rings (SSSR count). The number of allylic oxidation sites excluding steroid dienone is 1. The van der Waals surface area contributed by atoms with Gasteiger partial charge in [0.1, 0.15) is 0 Å². The van der Waals surface area contributed by atoms with Crippen LogP contribution in [0.3, 0.4) is 0 Å². The van der Waals surface area contributed by atoms with Crippen molar-refractivity contribution < 1.29 is 9.59 Å². The van der Waals surface area contributed by atoms with Crippen LogP contribution in [-0.2, 0) is 4.79 Å². The lowest BCUT2D eigenvalue weighted by Crippen LogP contribution is -2.16. The standard InChI is InChI=1S/C10H6O2S/c11-8-5-4-6-7(10(8)12)2-1-3-9(6)13/h1-5,13H. The fraction of sp³-hybridized carbons (Fsp3) is 0. The molecule has 0 fully saturated rings. The average molecular weight is 190 g/mol. The number of carbonyl (C=O) groups excluding carboxylic acids is 2. The highest BCUT2D eigenvalue weighted by Crippen LogP contribution is 2.23. The first-order valence-electron chi connectivity index (χ1n) is 3.79. The number of thiol groups is 1. The highest BCUT2D eigenvalue weighted by molar-refractivity contribution is 7.80. The van der Waals surface area contributed by atoms with Crippen LogP contribution in [0.2, 0.25) is 0 Å². The van der Waals surface area contributed by atoms with Crippen molar-refractivity contribution in [3.63, 3.8) is 0 Å². The topological polar surface area (TPSA) is 34.1 Å². The zero-order chi connectivity index (χ0) is 9.42. The number of fused-ring (bicyclic) bond motifs is 1. The quantitative estimate of drug-likeness (QED) is 0.499. The predicted octanol–water partition coefficient (Wildman–Crippen LogP) is 1.75. The van der Waals surface area contributed by atoms with E-state index in [0.29, 0.717) is 5.56 Å². The van der Waals surface area contributed by atoms with Crippen molar-refractivity contribution in [2.45, 2.75) is 4.90 Å². The zero-order valence-electron chi connectivity index (χ0n) is 6.65. The number of carbonyl (C=O) groups is 2. The maximum Gasteiger partial charge on any atom is 0.233 e. The van der Waals surface area contributed by atoms with E-state index in [-0.39, 0.29) is 0 Å². The second-order valence-electron chi connectivity index (χ2n) is 2.77. The summed E-state index contributed by atoms with van der Waals surface area (Å²) in [6.45, 7) is 0. The molecule has 0 atom stereocenters. The number of Topliss-reactive ketones (excluding diaryl/α,β-unsaturated/α-hetero) is 1. The molecule has 0 saturated heterocycles. The van der Waals surface area contributed by atoms with Gasteiger partial charge in [-0.15, -0.1) is 12.6 Å². The van der Waals surface area contributed by atoms with Gasteiger partial charge < -0.3 is 0 Å². The first-order valence-corrected chi connectivity index (χ1v) is 4.23. The number of ketones is 2. The monoisotopic (exact) mass is 190 g/mol. The molecule has 0 amide bonds. The van der Waals surface area contributed by atoms with Gasteiger partial charge in [-0.25, -0.2) is 0 Å². The molecule has 1 aliphatic carbocycles. The molecule has 0 aliphatic heterocycles. The van der Waals surface area contributed by atoms with Crippen LogP contribution in [0.4, 0.5) is 0 Å². The Morgan fingerprint density at radius 3 is 2.62 bits per heavy atom. The molecule has 3 heteroatoms. The smallest absolute Gasteiger partial charge is 0.233 e. The molecule has 0 spiro atoms. The molecule has 1 aliphatic rings. The molecule has 0 bridgehead atoms. The molecule has 1 aromatic rings. The van der Waals surface area contributed by atoms with Crippen LogP contribution in [0.15, 0.2) is 29.2 Å². The van der Waals surface area contributed by atoms with E-state index in [1.54, 1.807) is 24.3 Å². The van der Waals surface area contributed by atoms with Crippen molar-refractivity contribution in [1.29, 1.82) is 0 Å². The lowest BCUT2D eigenvalue weighted by molar-refractivity contribution is -0.110. The van der Waals surface area contributed by atoms with Gasteiger partial charge >= 0.3 is 0 Å². The normalized spacial score (nSPS) is 14.5. The van der Waals surface area contributed by atoms with Gasteiger partial charge in [-0.05, 0) is 23.8 Å². The van der Waals surface area contributed by atoms with Crippen LogP contribution in [0.1, 0.15) is 15.9 Å². The van der Waals surface area contributed by atoms with E-state index in [2.05, 4.69) is 12.6 Å². The maximum atomic E-state index is 11.3. The predicted molar refractivity (Wildman–Crippen MR) is 52.1 cm³/mol. The molecule has 0 saturated carbocycles. The van der Waals surface area contributed by atoms with Crippen LogP contribution >= 0.6 is 12.6 Å². The molecule has 0 radical (unpaired) electrons. The summed E-state index contributed by atoms with van der Waals surface area (Å²) >= 11 is 4.19. The van der Waals surface area contributed by atoms with Crippen molar-refractivity contribution in [3.05, 3.63) is 35.4 Å². The third kappa shape index (κ3) is 1.21. The van der Waals surface area contributed by atoms with E-state index in [4.69, 9.17) is 0 Å². The Hall–Kier alpha value is -1.35. The van der Waals surface area contributed by atoms with Gasteiger partial charge in [-0.3, -0.25) is 9.59 Å². The van der Waals surface area contributed by atoms with Crippen LogP contribution in [0.25, 0.3) is 6.08 Å². The molecular formula is C10H6O2S. The van der Waals surface area contributed by atoms with Gasteiger partial charge in [0.05, 0.1) is 0 Å². The van der Waals surface area contributed by atoms with Crippen molar-refractivity contribution in [1.82, 2.24) is 0 Å². The van der Waals surface area contributed by atoms with Crippen molar-refractivity contribution in [3.8, 4) is 0 Å². The number of benzene rings is 1. The molecule has 1 aromatic carbocycles. The highest BCUT2D eigenvalue weighted by Gasteiger charge is 2.21. The molecule has 2 nitrogen and oxygen atoms in total. The van der Waals surface area contributed by atoms with E-state index < -0.39 is 11.6 Å². The summed E-state index contributed by atoms with van der Waals surface area (Å²) < 4.78 is 0. The van der Waals surface area contributed by atoms with Gasteiger partial charge in [0.25, 0.3) is 0 Å². The van der Waals surface area contributed by atoms with E-state index >= 15 is 0 Å². The van der Waals surface area contributed by atoms with Crippen molar-refractivity contribution >= 4 is 30.3 Å². The number of hydrogen-bond donors (Lipinski definition) is 1. The summed E-state index contributed by atoms with van der Waals surface area (Å²) in [5.41, 5.74) is 1.18. The van der Waals surface area contributed by atoms with E-state index in [9.17, 15) is 9.59 Å². The van der Waals surface area contributed by atoms with Crippen molar-refractivity contribution in [2.24, 2.45) is 0 Å². The summed E-state index contributed by atoms with van der Waals surface area (Å²) in [6, 6.07) is 5.14. The van der Waals surface area contributed by atoms with Gasteiger partial charge in [-0.1, -0.05) is 12.1 Å². The van der Waals surface area contributed by atoms with E-state index in [1.165, 1.54) is 6.08 Å². The summed E-state index contributed by atoms with van der Waals surface area (Å²) in [6.07, 6.45) is 2.91. The largest absolute Gasteiger partial charge is 0.286 e. The van der Waals surface area contributed by atoms with Gasteiger partial charge in [0.2, 0.25) is 11.6 Å². The van der Waals surface area contributed by atoms with Crippen LogP contribution in [0.5, 0.6) is 0 Å². The minimum atomic E-state index is -0.466. The highest BCUT2D eigenvalue weighted by atomic mass is 32.1. The second kappa shape index (κ2) is 2.85. The molecule has 0 aromatic heterocycles.